The van der Waals surface area contributed by atoms with Crippen LogP contribution < -0.4 is 4.74 Å². The molecule has 104 valence electrons. The van der Waals surface area contributed by atoms with Crippen molar-refractivity contribution < 1.29 is 9.53 Å². The highest BCUT2D eigenvalue weighted by molar-refractivity contribution is 5.82. The van der Waals surface area contributed by atoms with Crippen LogP contribution >= 0.6 is 0 Å². The van der Waals surface area contributed by atoms with Crippen molar-refractivity contribution in [2.45, 2.75) is 51.9 Å². The molecule has 2 heteroatoms. The molecule has 19 heavy (non-hydrogen) atoms. The van der Waals surface area contributed by atoms with Gasteiger partial charge in [-0.25, -0.2) is 0 Å². The zero-order chi connectivity index (χ0) is 13.7. The lowest BCUT2D eigenvalue weighted by Gasteiger charge is -2.27. The van der Waals surface area contributed by atoms with Crippen molar-refractivity contribution in [1.82, 2.24) is 0 Å². The van der Waals surface area contributed by atoms with Crippen LogP contribution in [-0.4, -0.2) is 12.4 Å². The van der Waals surface area contributed by atoms with E-state index in [9.17, 15) is 4.79 Å². The Morgan fingerprint density at radius 2 is 1.89 bits per heavy atom. The molecule has 1 aromatic carbocycles. The van der Waals surface area contributed by atoms with Gasteiger partial charge < -0.3 is 4.74 Å². The van der Waals surface area contributed by atoms with E-state index in [1.807, 2.05) is 19.1 Å². The minimum Gasteiger partial charge on any atom is -0.494 e. The molecule has 1 aliphatic rings. The highest BCUT2D eigenvalue weighted by atomic mass is 16.5. The minimum atomic E-state index is 0.323. The summed E-state index contributed by atoms with van der Waals surface area (Å²) >= 11 is 0. The first kappa shape index (κ1) is 14.1. The number of hydrogen-bond donors (Lipinski definition) is 0. The van der Waals surface area contributed by atoms with Crippen molar-refractivity contribution >= 4 is 5.78 Å². The van der Waals surface area contributed by atoms with E-state index in [4.69, 9.17) is 4.74 Å². The third-order valence-electron chi connectivity index (χ3n) is 4.07. The Hall–Kier alpha value is -1.31. The molecule has 1 fully saturated rings. The van der Waals surface area contributed by atoms with Gasteiger partial charge in [0.25, 0.3) is 0 Å². The predicted octanol–water partition coefficient (Wildman–Crippen LogP) is 4.34. The lowest BCUT2D eigenvalue weighted by atomic mass is 9.76. The number of rotatable bonds is 5. The van der Waals surface area contributed by atoms with E-state index in [2.05, 4.69) is 19.1 Å². The van der Waals surface area contributed by atoms with Gasteiger partial charge in [-0.05, 0) is 49.8 Å². The largest absolute Gasteiger partial charge is 0.494 e. The molecule has 0 saturated heterocycles. The Bertz CT molecular complexity index is 408. The lowest BCUT2D eigenvalue weighted by Crippen LogP contribution is -2.23. The summed E-state index contributed by atoms with van der Waals surface area (Å²) in [6, 6.07) is 8.26. The van der Waals surface area contributed by atoms with E-state index in [0.717, 1.165) is 37.9 Å². The summed E-state index contributed by atoms with van der Waals surface area (Å²) in [7, 11) is 0. The fourth-order valence-corrected chi connectivity index (χ4v) is 3.02. The maximum atomic E-state index is 12.1. The summed E-state index contributed by atoms with van der Waals surface area (Å²) in [4.78, 5) is 12.1. The zero-order valence-corrected chi connectivity index (χ0v) is 12.0. The van der Waals surface area contributed by atoms with Gasteiger partial charge in [0.05, 0.1) is 6.61 Å². The maximum Gasteiger partial charge on any atom is 0.136 e. The third kappa shape index (κ3) is 3.59. The van der Waals surface area contributed by atoms with Gasteiger partial charge in [-0.15, -0.1) is 0 Å². The van der Waals surface area contributed by atoms with Gasteiger partial charge in [0, 0.05) is 12.3 Å². The quantitative estimate of drug-likeness (QED) is 0.787. The zero-order valence-electron chi connectivity index (χ0n) is 12.0. The van der Waals surface area contributed by atoms with Crippen LogP contribution in [0.2, 0.25) is 0 Å². The van der Waals surface area contributed by atoms with Crippen LogP contribution in [0.4, 0.5) is 0 Å². The number of ether oxygens (including phenoxy) is 1. The third-order valence-corrected chi connectivity index (χ3v) is 4.07. The van der Waals surface area contributed by atoms with Gasteiger partial charge in [-0.3, -0.25) is 4.79 Å². The monoisotopic (exact) mass is 260 g/mol. The summed E-state index contributed by atoms with van der Waals surface area (Å²) in [5, 5.41) is 0. The van der Waals surface area contributed by atoms with E-state index in [1.165, 1.54) is 5.56 Å². The molecule has 0 spiro atoms. The number of carbonyl (C=O) groups is 1. The van der Waals surface area contributed by atoms with E-state index in [-0.39, 0.29) is 0 Å². The lowest BCUT2D eigenvalue weighted by molar-refractivity contribution is -0.125. The molecule has 0 aliphatic heterocycles. The van der Waals surface area contributed by atoms with Crippen LogP contribution in [0.15, 0.2) is 24.3 Å². The summed E-state index contributed by atoms with van der Waals surface area (Å²) in [5.74, 6) is 2.12. The molecule has 0 radical (unpaired) electrons. The van der Waals surface area contributed by atoms with E-state index >= 15 is 0 Å². The Kier molecular flexibility index (Phi) is 5.00. The summed E-state index contributed by atoms with van der Waals surface area (Å²) in [6.07, 6.45) is 5.10. The molecular formula is C17H24O2. The van der Waals surface area contributed by atoms with E-state index < -0.39 is 0 Å². The molecule has 0 N–H and O–H groups in total. The topological polar surface area (TPSA) is 26.3 Å². The van der Waals surface area contributed by atoms with Crippen molar-refractivity contribution in [3.8, 4) is 5.75 Å². The first-order valence-electron chi connectivity index (χ1n) is 7.50. The Morgan fingerprint density at radius 3 is 2.47 bits per heavy atom. The van der Waals surface area contributed by atoms with Crippen molar-refractivity contribution in [3.63, 3.8) is 0 Å². The molecule has 2 nitrogen and oxygen atoms in total. The number of carbonyl (C=O) groups excluding carboxylic acids is 1. The Morgan fingerprint density at radius 1 is 1.16 bits per heavy atom. The number of Topliss-reactive ketones (excluding diaryl/α,β-unsaturated/α-hetero) is 1. The van der Waals surface area contributed by atoms with Crippen LogP contribution in [-0.2, 0) is 4.79 Å². The highest BCUT2D eigenvalue weighted by Crippen LogP contribution is 2.35. The molecule has 2 rings (SSSR count). The van der Waals surface area contributed by atoms with Crippen molar-refractivity contribution in [3.05, 3.63) is 29.8 Å². The first-order chi connectivity index (χ1) is 9.24. The fraction of sp³-hybridized carbons (Fsp3) is 0.588. The average molecular weight is 260 g/mol. The highest BCUT2D eigenvalue weighted by Gasteiger charge is 2.28. The molecule has 0 unspecified atom stereocenters. The molecule has 2 atom stereocenters. The second-order valence-electron chi connectivity index (χ2n) is 5.43. The molecule has 1 aliphatic carbocycles. The van der Waals surface area contributed by atoms with Crippen molar-refractivity contribution in [2.75, 3.05) is 6.61 Å². The smallest absolute Gasteiger partial charge is 0.136 e. The van der Waals surface area contributed by atoms with Crippen LogP contribution in [0.3, 0.4) is 0 Å². The van der Waals surface area contributed by atoms with Crippen molar-refractivity contribution in [2.24, 2.45) is 5.92 Å². The van der Waals surface area contributed by atoms with Crippen LogP contribution in [0, 0.1) is 5.92 Å². The van der Waals surface area contributed by atoms with Gasteiger partial charge in [0.1, 0.15) is 11.5 Å². The van der Waals surface area contributed by atoms with E-state index in [0.29, 0.717) is 24.2 Å². The van der Waals surface area contributed by atoms with E-state index in [1.54, 1.807) is 0 Å². The number of hydrogen-bond acceptors (Lipinski definition) is 2. The SMILES string of the molecule is CCC[C@@H]1CC[C@H](c2ccc(OCC)cc2)CC1=O. The molecule has 1 saturated carbocycles. The van der Waals surface area contributed by atoms with Gasteiger partial charge in [0.2, 0.25) is 0 Å². The Labute approximate surface area is 116 Å². The second kappa shape index (κ2) is 6.74. The predicted molar refractivity (Wildman–Crippen MR) is 77.6 cm³/mol. The number of ketones is 1. The molecule has 0 heterocycles. The van der Waals surface area contributed by atoms with Gasteiger partial charge >= 0.3 is 0 Å². The van der Waals surface area contributed by atoms with Gasteiger partial charge in [0.15, 0.2) is 0 Å². The maximum absolute atomic E-state index is 12.1. The van der Waals surface area contributed by atoms with Crippen LogP contribution in [0.1, 0.15) is 57.4 Å². The summed E-state index contributed by atoms with van der Waals surface area (Å²) in [5.41, 5.74) is 1.28. The van der Waals surface area contributed by atoms with Crippen LogP contribution in [0.5, 0.6) is 5.75 Å². The molecule has 0 bridgehead atoms. The van der Waals surface area contributed by atoms with Gasteiger partial charge in [-0.2, -0.15) is 0 Å². The molecule has 0 aromatic heterocycles. The summed E-state index contributed by atoms with van der Waals surface area (Å²) in [6.45, 7) is 4.84. The minimum absolute atomic E-state index is 0.323. The first-order valence-corrected chi connectivity index (χ1v) is 7.50. The second-order valence-corrected chi connectivity index (χ2v) is 5.43. The normalized spacial score (nSPS) is 23.4. The van der Waals surface area contributed by atoms with Gasteiger partial charge in [-0.1, -0.05) is 25.5 Å². The standard InChI is InChI=1S/C17H24O2/c1-3-5-14-6-7-15(12-17(14)18)13-8-10-16(11-9-13)19-4-2/h8-11,14-15H,3-7,12H2,1-2H3/t14-,15+/m1/s1. The molecular weight excluding hydrogens is 236 g/mol. The Balaban J connectivity index is 1.98. The van der Waals surface area contributed by atoms with Crippen LogP contribution in [0.25, 0.3) is 0 Å². The fourth-order valence-electron chi connectivity index (χ4n) is 3.02. The summed E-state index contributed by atoms with van der Waals surface area (Å²) < 4.78 is 5.45. The number of benzene rings is 1. The molecule has 0 amide bonds. The van der Waals surface area contributed by atoms with Crippen molar-refractivity contribution in [1.29, 1.82) is 0 Å². The molecule has 1 aromatic rings. The average Bonchev–Trinajstić information content (AvgIpc) is 2.43.